The minimum atomic E-state index is -0.693. The van der Waals surface area contributed by atoms with Gasteiger partial charge in [-0.3, -0.25) is 19.2 Å². The number of fused-ring (bicyclic) bond motifs is 6. The maximum Gasteiger partial charge on any atom is 0.416 e. The highest BCUT2D eigenvalue weighted by Gasteiger charge is 2.26. The van der Waals surface area contributed by atoms with Crippen LogP contribution in [0.2, 0.25) is 0 Å². The van der Waals surface area contributed by atoms with E-state index in [1.54, 1.807) is 40.0 Å². The molecule has 0 saturated heterocycles. The Morgan fingerprint density at radius 3 is 2.77 bits per heavy atom. The second kappa shape index (κ2) is 9.57. The van der Waals surface area contributed by atoms with Gasteiger partial charge in [0, 0.05) is 38.1 Å². The van der Waals surface area contributed by atoms with Gasteiger partial charge < -0.3 is 19.8 Å². The lowest BCUT2D eigenvalue weighted by Crippen LogP contribution is -2.38. The minimum absolute atomic E-state index is 0.0156. The van der Waals surface area contributed by atoms with Crippen molar-refractivity contribution < 1.29 is 23.5 Å². The van der Waals surface area contributed by atoms with Gasteiger partial charge in [-0.15, -0.1) is 0 Å². The SMILES string of the molecule is Cn1cc2c(n1)C(=O)NCCCCN(C(=O)OC(C)(C)C)c1cc(ccn1)-c1nc(co1)C(=O)N2. The molecule has 3 amide bonds. The number of oxazole rings is 1. The molecule has 0 aromatic carbocycles. The smallest absolute Gasteiger partial charge is 0.416 e. The topological polar surface area (TPSA) is 144 Å². The molecule has 0 atom stereocenters. The van der Waals surface area contributed by atoms with Crippen molar-refractivity contribution in [2.45, 2.75) is 39.2 Å². The van der Waals surface area contributed by atoms with Gasteiger partial charge in [-0.1, -0.05) is 0 Å². The summed E-state index contributed by atoms with van der Waals surface area (Å²) in [6.07, 6.45) is 4.89. The van der Waals surface area contributed by atoms with Crippen molar-refractivity contribution in [3.05, 3.63) is 42.2 Å². The van der Waals surface area contributed by atoms with Gasteiger partial charge in [-0.05, 0) is 45.7 Å². The number of aromatic nitrogens is 4. The van der Waals surface area contributed by atoms with Crippen molar-refractivity contribution in [3.63, 3.8) is 0 Å². The minimum Gasteiger partial charge on any atom is -0.444 e. The van der Waals surface area contributed by atoms with Crippen molar-refractivity contribution in [1.29, 1.82) is 0 Å². The molecule has 3 aromatic heterocycles. The van der Waals surface area contributed by atoms with Crippen LogP contribution >= 0.6 is 0 Å². The van der Waals surface area contributed by atoms with E-state index in [0.717, 1.165) is 0 Å². The van der Waals surface area contributed by atoms with Crippen LogP contribution in [0.3, 0.4) is 0 Å². The molecule has 184 valence electrons. The van der Waals surface area contributed by atoms with Gasteiger partial charge in [0.25, 0.3) is 11.8 Å². The van der Waals surface area contributed by atoms with Gasteiger partial charge in [0.15, 0.2) is 11.4 Å². The maximum absolute atomic E-state index is 13.0. The number of anilines is 2. The molecule has 4 bridgehead atoms. The number of rotatable bonds is 0. The van der Waals surface area contributed by atoms with Crippen molar-refractivity contribution in [3.8, 4) is 11.5 Å². The molecular weight excluding hydrogens is 454 g/mol. The average Bonchev–Trinajstić information content (AvgIpc) is 3.41. The Morgan fingerprint density at radius 2 is 2.00 bits per heavy atom. The molecule has 0 unspecified atom stereocenters. The number of nitrogens with one attached hydrogen (secondary N) is 2. The second-order valence-electron chi connectivity index (χ2n) is 9.05. The first-order chi connectivity index (χ1) is 16.6. The third-order valence-corrected chi connectivity index (χ3v) is 5.01. The molecule has 3 aromatic rings. The highest BCUT2D eigenvalue weighted by Crippen LogP contribution is 2.25. The van der Waals surface area contributed by atoms with E-state index in [1.807, 2.05) is 0 Å². The number of carbonyl (C=O) groups excluding carboxylic acids is 3. The van der Waals surface area contributed by atoms with Crippen LogP contribution in [-0.2, 0) is 11.8 Å². The number of amides is 3. The molecule has 4 rings (SSSR count). The molecule has 2 N–H and O–H groups in total. The summed E-state index contributed by atoms with van der Waals surface area (Å²) in [5.41, 5.74) is 0.195. The van der Waals surface area contributed by atoms with E-state index in [1.165, 1.54) is 28.2 Å². The standard InChI is InChI=1S/C23H27N7O5/c1-23(2,3)35-22(33)30-10-6-5-8-25-20(32)18-15(12-29(4)28-18)26-19(31)16-13-34-21(27-16)14-7-9-24-17(30)11-14/h7,9,11-13H,5-6,8,10H2,1-4H3,(H,25,32)(H,26,31). The van der Waals surface area contributed by atoms with Crippen LogP contribution in [0.4, 0.5) is 16.3 Å². The fourth-order valence-electron chi connectivity index (χ4n) is 3.44. The number of carbonyl (C=O) groups is 3. The zero-order chi connectivity index (χ0) is 25.2. The van der Waals surface area contributed by atoms with Gasteiger partial charge in [0.1, 0.15) is 17.7 Å². The summed E-state index contributed by atoms with van der Waals surface area (Å²) in [5, 5.41) is 9.62. The predicted octanol–water partition coefficient (Wildman–Crippen LogP) is 2.99. The molecule has 35 heavy (non-hydrogen) atoms. The Hall–Kier alpha value is -4.22. The average molecular weight is 482 g/mol. The third kappa shape index (κ3) is 5.65. The molecule has 0 radical (unpaired) electrons. The number of hydrogen-bond donors (Lipinski definition) is 2. The molecule has 12 nitrogen and oxygen atoms in total. The van der Waals surface area contributed by atoms with Crippen LogP contribution in [0.25, 0.3) is 11.5 Å². The quantitative estimate of drug-likeness (QED) is 0.499. The summed E-state index contributed by atoms with van der Waals surface area (Å²) in [5.74, 6) is -0.456. The van der Waals surface area contributed by atoms with Crippen LogP contribution in [0.1, 0.15) is 54.6 Å². The number of nitrogens with zero attached hydrogens (tertiary/aromatic N) is 5. The Balaban J connectivity index is 1.69. The number of hydrogen-bond acceptors (Lipinski definition) is 8. The third-order valence-electron chi connectivity index (χ3n) is 5.01. The van der Waals surface area contributed by atoms with E-state index in [-0.39, 0.29) is 23.0 Å². The first kappa shape index (κ1) is 23.9. The molecule has 0 spiro atoms. The summed E-state index contributed by atoms with van der Waals surface area (Å²) in [7, 11) is 1.65. The molecule has 1 aliphatic heterocycles. The molecular formula is C23H27N7O5. The van der Waals surface area contributed by atoms with Gasteiger partial charge in [0.05, 0.1) is 5.69 Å². The van der Waals surface area contributed by atoms with Gasteiger partial charge >= 0.3 is 6.09 Å². The van der Waals surface area contributed by atoms with Gasteiger partial charge in [0.2, 0.25) is 5.89 Å². The largest absolute Gasteiger partial charge is 0.444 e. The predicted molar refractivity (Wildman–Crippen MR) is 126 cm³/mol. The van der Waals surface area contributed by atoms with Crippen LogP contribution in [0.15, 0.2) is 35.2 Å². The van der Waals surface area contributed by atoms with Crippen molar-refractivity contribution in [1.82, 2.24) is 25.1 Å². The summed E-state index contributed by atoms with van der Waals surface area (Å²) in [6, 6.07) is 3.32. The number of pyridine rings is 1. The maximum atomic E-state index is 13.0. The fourth-order valence-corrected chi connectivity index (χ4v) is 3.44. The molecule has 4 heterocycles. The fraction of sp³-hybridized carbons (Fsp3) is 0.391. The highest BCUT2D eigenvalue weighted by molar-refractivity contribution is 6.07. The summed E-state index contributed by atoms with van der Waals surface area (Å²) >= 11 is 0. The summed E-state index contributed by atoms with van der Waals surface area (Å²) in [4.78, 5) is 48.5. The Kier molecular flexibility index (Phi) is 6.54. The molecule has 0 aliphatic carbocycles. The molecule has 12 heteroatoms. The summed E-state index contributed by atoms with van der Waals surface area (Å²) < 4.78 is 12.5. The van der Waals surface area contributed by atoms with Gasteiger partial charge in [-0.25, -0.2) is 14.8 Å². The zero-order valence-corrected chi connectivity index (χ0v) is 20.0. The second-order valence-corrected chi connectivity index (χ2v) is 9.05. The Labute approximate surface area is 201 Å². The monoisotopic (exact) mass is 481 g/mol. The summed E-state index contributed by atoms with van der Waals surface area (Å²) in [6.45, 7) is 6.02. The molecule has 0 saturated carbocycles. The first-order valence-corrected chi connectivity index (χ1v) is 11.2. The zero-order valence-electron chi connectivity index (χ0n) is 20.0. The normalized spacial score (nSPS) is 15.0. The lowest BCUT2D eigenvalue weighted by molar-refractivity contribution is 0.0578. The van der Waals surface area contributed by atoms with Crippen LogP contribution in [0.5, 0.6) is 0 Å². The van der Waals surface area contributed by atoms with Crippen LogP contribution < -0.4 is 15.5 Å². The van der Waals surface area contributed by atoms with E-state index in [2.05, 4.69) is 25.7 Å². The van der Waals surface area contributed by atoms with Crippen molar-refractivity contribution >= 4 is 29.4 Å². The number of aryl methyl sites for hydroxylation is 1. The molecule has 1 aliphatic rings. The molecule has 0 fully saturated rings. The van der Waals surface area contributed by atoms with E-state index >= 15 is 0 Å². The van der Waals surface area contributed by atoms with E-state index in [9.17, 15) is 14.4 Å². The van der Waals surface area contributed by atoms with E-state index in [0.29, 0.717) is 37.3 Å². The van der Waals surface area contributed by atoms with E-state index in [4.69, 9.17) is 9.15 Å². The highest BCUT2D eigenvalue weighted by atomic mass is 16.6. The van der Waals surface area contributed by atoms with Crippen LogP contribution in [0, 0.1) is 0 Å². The van der Waals surface area contributed by atoms with Gasteiger partial charge in [-0.2, -0.15) is 5.10 Å². The first-order valence-electron chi connectivity index (χ1n) is 11.2. The Bertz CT molecular complexity index is 1260. The van der Waals surface area contributed by atoms with E-state index < -0.39 is 23.5 Å². The lowest BCUT2D eigenvalue weighted by atomic mass is 10.2. The Morgan fingerprint density at radius 1 is 1.20 bits per heavy atom. The van der Waals surface area contributed by atoms with Crippen LogP contribution in [-0.4, -0.2) is 56.3 Å². The lowest BCUT2D eigenvalue weighted by Gasteiger charge is -2.27. The van der Waals surface area contributed by atoms with Crippen molar-refractivity contribution in [2.75, 3.05) is 23.3 Å². The van der Waals surface area contributed by atoms with Crippen molar-refractivity contribution in [2.24, 2.45) is 7.05 Å². The number of ether oxygens (including phenoxy) is 1.